The molecule has 2 fully saturated rings. The molecule has 25 heavy (non-hydrogen) atoms. The minimum absolute atomic E-state index is 0.0659. The van der Waals surface area contributed by atoms with E-state index in [9.17, 15) is 4.79 Å². The number of nitrogens with zero attached hydrogens (tertiary/aromatic N) is 1. The van der Waals surface area contributed by atoms with Crippen molar-refractivity contribution in [1.82, 2.24) is 10.2 Å². The van der Waals surface area contributed by atoms with Crippen LogP contribution in [0.2, 0.25) is 0 Å². The molecule has 5 heteroatoms. The van der Waals surface area contributed by atoms with Gasteiger partial charge in [0.2, 0.25) is 0 Å². The number of benzene rings is 1. The SMILES string of the molecule is C[C@@H]1Cc2ccccc2[C@@H]1NC(=O)N1CCC(O[C@@H]2CCOC2)CC1. The van der Waals surface area contributed by atoms with E-state index in [-0.39, 0.29) is 24.3 Å². The molecule has 3 aliphatic rings. The number of rotatable bonds is 3. The summed E-state index contributed by atoms with van der Waals surface area (Å²) in [5, 5.41) is 3.27. The van der Waals surface area contributed by atoms with Crippen LogP contribution in [-0.4, -0.2) is 49.4 Å². The zero-order valence-corrected chi connectivity index (χ0v) is 14.9. The van der Waals surface area contributed by atoms with Gasteiger partial charge in [-0.1, -0.05) is 31.2 Å². The Morgan fingerprint density at radius 3 is 2.76 bits per heavy atom. The molecule has 2 aliphatic heterocycles. The van der Waals surface area contributed by atoms with Crippen LogP contribution < -0.4 is 5.32 Å². The topological polar surface area (TPSA) is 50.8 Å². The summed E-state index contributed by atoms with van der Waals surface area (Å²) in [5.41, 5.74) is 2.65. The Kier molecular flexibility index (Phi) is 4.95. The molecule has 1 N–H and O–H groups in total. The number of urea groups is 1. The fourth-order valence-corrected chi connectivity index (χ4v) is 4.33. The van der Waals surface area contributed by atoms with Crippen LogP contribution in [0, 0.1) is 5.92 Å². The van der Waals surface area contributed by atoms with Gasteiger partial charge in [-0.25, -0.2) is 4.79 Å². The Labute approximate surface area is 149 Å². The average Bonchev–Trinajstić information content (AvgIpc) is 3.24. The number of piperidine rings is 1. The highest BCUT2D eigenvalue weighted by Crippen LogP contribution is 2.35. The maximum Gasteiger partial charge on any atom is 0.317 e. The van der Waals surface area contributed by atoms with Crippen molar-refractivity contribution in [2.24, 2.45) is 5.92 Å². The lowest BCUT2D eigenvalue weighted by molar-refractivity contribution is -0.0393. The van der Waals surface area contributed by atoms with Gasteiger partial charge in [-0.2, -0.15) is 0 Å². The fourth-order valence-electron chi connectivity index (χ4n) is 4.33. The van der Waals surface area contributed by atoms with Gasteiger partial charge in [0.05, 0.1) is 24.9 Å². The van der Waals surface area contributed by atoms with Crippen LogP contribution in [0.15, 0.2) is 24.3 Å². The van der Waals surface area contributed by atoms with Crippen molar-refractivity contribution in [1.29, 1.82) is 0 Å². The van der Waals surface area contributed by atoms with Crippen LogP contribution in [0.1, 0.15) is 43.4 Å². The lowest BCUT2D eigenvalue weighted by Gasteiger charge is -2.34. The molecule has 136 valence electrons. The number of ether oxygens (including phenoxy) is 2. The minimum atomic E-state index is 0.0659. The van der Waals surface area contributed by atoms with Crippen LogP contribution in [-0.2, 0) is 15.9 Å². The van der Waals surface area contributed by atoms with Crippen molar-refractivity contribution in [3.63, 3.8) is 0 Å². The Bertz CT molecular complexity index is 607. The van der Waals surface area contributed by atoms with Gasteiger partial charge in [0.1, 0.15) is 0 Å². The molecule has 1 aliphatic carbocycles. The number of nitrogens with one attached hydrogen (secondary N) is 1. The van der Waals surface area contributed by atoms with Gasteiger partial charge < -0.3 is 19.7 Å². The van der Waals surface area contributed by atoms with Crippen molar-refractivity contribution in [2.45, 2.75) is 50.9 Å². The van der Waals surface area contributed by atoms with Gasteiger partial charge in [0.25, 0.3) is 0 Å². The summed E-state index contributed by atoms with van der Waals surface area (Å²) in [5.74, 6) is 0.449. The summed E-state index contributed by atoms with van der Waals surface area (Å²) in [7, 11) is 0. The van der Waals surface area contributed by atoms with E-state index >= 15 is 0 Å². The van der Waals surface area contributed by atoms with Crippen molar-refractivity contribution >= 4 is 6.03 Å². The molecular formula is C20H28N2O3. The van der Waals surface area contributed by atoms with Gasteiger partial charge in [-0.15, -0.1) is 0 Å². The first kappa shape index (κ1) is 16.9. The number of hydrogen-bond acceptors (Lipinski definition) is 3. The van der Waals surface area contributed by atoms with Crippen molar-refractivity contribution < 1.29 is 14.3 Å². The largest absolute Gasteiger partial charge is 0.379 e. The van der Waals surface area contributed by atoms with Crippen molar-refractivity contribution in [3.05, 3.63) is 35.4 Å². The molecule has 5 nitrogen and oxygen atoms in total. The van der Waals surface area contributed by atoms with E-state index in [1.165, 1.54) is 11.1 Å². The summed E-state index contributed by atoms with van der Waals surface area (Å²) in [4.78, 5) is 14.7. The first-order valence-corrected chi connectivity index (χ1v) is 9.57. The third kappa shape index (κ3) is 3.67. The number of fused-ring (bicyclic) bond motifs is 1. The number of hydrogen-bond donors (Lipinski definition) is 1. The van der Waals surface area contributed by atoms with E-state index in [1.807, 2.05) is 4.90 Å². The molecule has 0 saturated carbocycles. The number of likely N-dealkylation sites (tertiary alicyclic amines) is 1. The second-order valence-corrected chi connectivity index (χ2v) is 7.62. The predicted octanol–water partition coefficient (Wildman–Crippen LogP) is 2.90. The lowest BCUT2D eigenvalue weighted by Crippen LogP contribution is -2.47. The van der Waals surface area contributed by atoms with Crippen LogP contribution in [0.5, 0.6) is 0 Å². The van der Waals surface area contributed by atoms with E-state index < -0.39 is 0 Å². The summed E-state index contributed by atoms with van der Waals surface area (Å²) < 4.78 is 11.5. The second kappa shape index (κ2) is 7.34. The van der Waals surface area contributed by atoms with Crippen molar-refractivity contribution in [2.75, 3.05) is 26.3 Å². The van der Waals surface area contributed by atoms with Gasteiger partial charge in [0, 0.05) is 19.7 Å². The molecular weight excluding hydrogens is 316 g/mol. The van der Waals surface area contributed by atoms with E-state index in [4.69, 9.17) is 9.47 Å². The maximum absolute atomic E-state index is 12.7. The first-order chi connectivity index (χ1) is 12.2. The molecule has 0 radical (unpaired) electrons. The van der Waals surface area contributed by atoms with Crippen LogP contribution in [0.25, 0.3) is 0 Å². The normalized spacial score (nSPS) is 29.6. The van der Waals surface area contributed by atoms with Crippen LogP contribution >= 0.6 is 0 Å². The number of amides is 2. The molecule has 0 unspecified atom stereocenters. The van der Waals surface area contributed by atoms with E-state index in [0.717, 1.165) is 52.0 Å². The highest BCUT2D eigenvalue weighted by atomic mass is 16.5. The third-order valence-corrected chi connectivity index (χ3v) is 5.78. The summed E-state index contributed by atoms with van der Waals surface area (Å²) in [6.07, 6.45) is 4.39. The Hall–Kier alpha value is -1.59. The fraction of sp³-hybridized carbons (Fsp3) is 0.650. The van der Waals surface area contributed by atoms with Gasteiger partial charge >= 0.3 is 6.03 Å². The van der Waals surface area contributed by atoms with E-state index in [1.54, 1.807) is 0 Å². The molecule has 0 bridgehead atoms. The first-order valence-electron chi connectivity index (χ1n) is 9.57. The number of carbonyl (C=O) groups is 1. The van der Waals surface area contributed by atoms with Crippen LogP contribution in [0.4, 0.5) is 4.79 Å². The van der Waals surface area contributed by atoms with Crippen molar-refractivity contribution in [3.8, 4) is 0 Å². The lowest BCUT2D eigenvalue weighted by atomic mass is 10.0. The Morgan fingerprint density at radius 2 is 2.00 bits per heavy atom. The van der Waals surface area contributed by atoms with E-state index in [0.29, 0.717) is 5.92 Å². The highest BCUT2D eigenvalue weighted by molar-refractivity contribution is 5.75. The zero-order valence-electron chi connectivity index (χ0n) is 14.9. The molecule has 0 aromatic heterocycles. The minimum Gasteiger partial charge on any atom is -0.379 e. The standard InChI is InChI=1S/C20H28N2O3/c1-14-12-15-4-2-3-5-18(15)19(14)21-20(23)22-9-6-16(7-10-22)25-17-8-11-24-13-17/h2-5,14,16-17,19H,6-13H2,1H3,(H,21,23)/t14-,17-,19-/m1/s1. The molecule has 0 spiro atoms. The Balaban J connectivity index is 1.29. The Morgan fingerprint density at radius 1 is 1.20 bits per heavy atom. The highest BCUT2D eigenvalue weighted by Gasteiger charge is 2.33. The average molecular weight is 344 g/mol. The van der Waals surface area contributed by atoms with Gasteiger partial charge in [0.15, 0.2) is 0 Å². The summed E-state index contributed by atoms with van der Waals surface area (Å²) in [6, 6.07) is 8.66. The molecule has 2 amide bonds. The molecule has 2 heterocycles. The van der Waals surface area contributed by atoms with E-state index in [2.05, 4.69) is 36.5 Å². The van der Waals surface area contributed by atoms with Gasteiger partial charge in [-0.05, 0) is 42.7 Å². The molecule has 1 aromatic rings. The second-order valence-electron chi connectivity index (χ2n) is 7.62. The number of carbonyl (C=O) groups excluding carboxylic acids is 1. The summed E-state index contributed by atoms with van der Waals surface area (Å²) in [6.45, 7) is 5.29. The van der Waals surface area contributed by atoms with Crippen LogP contribution in [0.3, 0.4) is 0 Å². The molecule has 2 saturated heterocycles. The maximum atomic E-state index is 12.7. The predicted molar refractivity (Wildman–Crippen MR) is 95.5 cm³/mol. The smallest absolute Gasteiger partial charge is 0.317 e. The molecule has 1 aromatic carbocycles. The van der Waals surface area contributed by atoms with Gasteiger partial charge in [-0.3, -0.25) is 0 Å². The molecule has 3 atom stereocenters. The summed E-state index contributed by atoms with van der Waals surface area (Å²) >= 11 is 0. The monoisotopic (exact) mass is 344 g/mol. The zero-order chi connectivity index (χ0) is 17.2. The molecule has 4 rings (SSSR count). The third-order valence-electron chi connectivity index (χ3n) is 5.78. The quantitative estimate of drug-likeness (QED) is 0.917.